The molecule has 1 fully saturated rings. The molecule has 0 radical (unpaired) electrons. The minimum atomic E-state index is -3.00. The Hall–Kier alpha value is -1.76. The summed E-state index contributed by atoms with van der Waals surface area (Å²) in [6, 6.07) is 5.53. The Labute approximate surface area is 130 Å². The predicted molar refractivity (Wildman–Crippen MR) is 84.1 cm³/mol. The number of urea groups is 1. The summed E-state index contributed by atoms with van der Waals surface area (Å²) in [5.74, 6) is 0.918. The smallest absolute Gasteiger partial charge is 0.321 e. The van der Waals surface area contributed by atoms with E-state index in [1.54, 1.807) is 4.90 Å². The van der Waals surface area contributed by atoms with Crippen LogP contribution in [0.25, 0.3) is 0 Å². The molecule has 2 heterocycles. The Morgan fingerprint density at radius 1 is 1.45 bits per heavy atom. The highest BCUT2D eigenvalue weighted by atomic mass is 32.2. The van der Waals surface area contributed by atoms with Crippen molar-refractivity contribution in [2.75, 3.05) is 37.0 Å². The van der Waals surface area contributed by atoms with Crippen molar-refractivity contribution in [2.24, 2.45) is 5.92 Å². The second kappa shape index (κ2) is 5.79. The molecule has 0 bridgehead atoms. The zero-order valence-electron chi connectivity index (χ0n) is 12.5. The van der Waals surface area contributed by atoms with E-state index in [0.717, 1.165) is 24.2 Å². The Kier molecular flexibility index (Phi) is 3.99. The van der Waals surface area contributed by atoms with Gasteiger partial charge in [0, 0.05) is 25.8 Å². The summed E-state index contributed by atoms with van der Waals surface area (Å²) in [5, 5.41) is 2.88. The lowest BCUT2D eigenvalue weighted by Gasteiger charge is -2.18. The van der Waals surface area contributed by atoms with Gasteiger partial charge in [-0.15, -0.1) is 0 Å². The lowest BCUT2D eigenvalue weighted by Crippen LogP contribution is -2.33. The Morgan fingerprint density at radius 2 is 2.27 bits per heavy atom. The van der Waals surface area contributed by atoms with Crippen LogP contribution < -0.4 is 10.1 Å². The van der Waals surface area contributed by atoms with Gasteiger partial charge in [0.2, 0.25) is 0 Å². The average molecular weight is 324 g/mol. The monoisotopic (exact) mass is 324 g/mol. The lowest BCUT2D eigenvalue weighted by molar-refractivity contribution is 0.221. The number of benzene rings is 1. The topological polar surface area (TPSA) is 75.7 Å². The van der Waals surface area contributed by atoms with Gasteiger partial charge >= 0.3 is 6.03 Å². The van der Waals surface area contributed by atoms with Crippen LogP contribution in [0.1, 0.15) is 12.0 Å². The number of hydrogen-bond donors (Lipinski definition) is 1. The second-order valence-corrected chi connectivity index (χ2v) is 8.20. The summed E-state index contributed by atoms with van der Waals surface area (Å²) in [4.78, 5) is 14.0. The summed E-state index contributed by atoms with van der Waals surface area (Å²) >= 11 is 0. The molecule has 1 aromatic carbocycles. The first kappa shape index (κ1) is 15.1. The van der Waals surface area contributed by atoms with Crippen LogP contribution in [0.2, 0.25) is 0 Å². The maximum atomic E-state index is 12.3. The van der Waals surface area contributed by atoms with Crippen LogP contribution >= 0.6 is 0 Å². The van der Waals surface area contributed by atoms with E-state index in [1.165, 1.54) is 6.26 Å². The van der Waals surface area contributed by atoms with E-state index in [0.29, 0.717) is 25.4 Å². The van der Waals surface area contributed by atoms with Gasteiger partial charge < -0.3 is 15.0 Å². The molecule has 1 atom stereocenters. The van der Waals surface area contributed by atoms with Crippen molar-refractivity contribution in [1.82, 2.24) is 4.90 Å². The number of amides is 2. The number of ether oxygens (including phenoxy) is 1. The minimum absolute atomic E-state index is 0.0264. The number of sulfone groups is 1. The molecule has 2 aliphatic rings. The van der Waals surface area contributed by atoms with E-state index in [9.17, 15) is 13.2 Å². The molecule has 1 aromatic rings. The van der Waals surface area contributed by atoms with Gasteiger partial charge in [0.25, 0.3) is 0 Å². The molecule has 1 unspecified atom stereocenters. The van der Waals surface area contributed by atoms with Crippen LogP contribution in [0.3, 0.4) is 0 Å². The third-order valence-electron chi connectivity index (χ3n) is 4.07. The Bertz CT molecular complexity index is 687. The van der Waals surface area contributed by atoms with Gasteiger partial charge in [-0.25, -0.2) is 13.2 Å². The van der Waals surface area contributed by atoms with E-state index in [-0.39, 0.29) is 17.7 Å². The number of nitrogens with one attached hydrogen (secondary N) is 1. The van der Waals surface area contributed by atoms with Crippen LogP contribution in [0, 0.1) is 5.92 Å². The van der Waals surface area contributed by atoms with E-state index < -0.39 is 9.84 Å². The number of carbonyl (C=O) groups is 1. The van der Waals surface area contributed by atoms with E-state index in [4.69, 9.17) is 4.74 Å². The third kappa shape index (κ3) is 3.35. The highest BCUT2D eigenvalue weighted by Crippen LogP contribution is 2.33. The number of anilines is 1. The fraction of sp³-hybridized carbons (Fsp3) is 0.533. The molecule has 6 nitrogen and oxygen atoms in total. The quantitative estimate of drug-likeness (QED) is 0.914. The zero-order chi connectivity index (χ0) is 15.7. The van der Waals surface area contributed by atoms with Gasteiger partial charge in [0.15, 0.2) is 0 Å². The number of carbonyl (C=O) groups excluding carboxylic acids is 1. The van der Waals surface area contributed by atoms with Crippen LogP contribution in [-0.4, -0.2) is 51.1 Å². The largest absolute Gasteiger partial charge is 0.491 e. The maximum absolute atomic E-state index is 12.3. The molecule has 2 amide bonds. The molecular formula is C15H20N2O4S. The predicted octanol–water partition coefficient (Wildman–Crippen LogP) is 1.52. The van der Waals surface area contributed by atoms with Crippen molar-refractivity contribution >= 4 is 21.6 Å². The molecule has 0 spiro atoms. The minimum Gasteiger partial charge on any atom is -0.491 e. The zero-order valence-corrected chi connectivity index (χ0v) is 13.4. The number of para-hydroxylation sites is 1. The molecule has 3 rings (SSSR count). The van der Waals surface area contributed by atoms with Crippen molar-refractivity contribution < 1.29 is 17.9 Å². The van der Waals surface area contributed by atoms with Gasteiger partial charge in [0.1, 0.15) is 15.6 Å². The molecule has 7 heteroatoms. The van der Waals surface area contributed by atoms with Crippen molar-refractivity contribution in [1.29, 1.82) is 0 Å². The van der Waals surface area contributed by atoms with Gasteiger partial charge in [-0.2, -0.15) is 0 Å². The summed E-state index contributed by atoms with van der Waals surface area (Å²) in [6.07, 6.45) is 2.82. The third-order valence-corrected chi connectivity index (χ3v) is 5.14. The van der Waals surface area contributed by atoms with Crippen LogP contribution in [-0.2, 0) is 16.3 Å². The summed E-state index contributed by atoms with van der Waals surface area (Å²) in [6.45, 7) is 1.71. The SMILES string of the molecule is CS(=O)(=O)CC1CCN(C(=O)Nc2cccc3c2OCC3)C1. The fourth-order valence-corrected chi connectivity index (χ4v) is 4.22. The Balaban J connectivity index is 1.63. The van der Waals surface area contributed by atoms with Gasteiger partial charge in [-0.3, -0.25) is 0 Å². The van der Waals surface area contributed by atoms with Gasteiger partial charge in [0.05, 0.1) is 18.0 Å². The van der Waals surface area contributed by atoms with Crippen molar-refractivity contribution in [2.45, 2.75) is 12.8 Å². The number of rotatable bonds is 3. The van der Waals surface area contributed by atoms with E-state index in [1.807, 2.05) is 18.2 Å². The first-order valence-electron chi connectivity index (χ1n) is 7.41. The standard InChI is InChI=1S/C15H20N2O4S/c1-22(19,20)10-11-5-7-17(9-11)15(18)16-13-4-2-3-12-6-8-21-14(12)13/h2-4,11H,5-10H2,1H3,(H,16,18). The first-order chi connectivity index (χ1) is 10.4. The van der Waals surface area contributed by atoms with Crippen molar-refractivity contribution in [3.8, 4) is 5.75 Å². The Morgan fingerprint density at radius 3 is 3.05 bits per heavy atom. The van der Waals surface area contributed by atoms with Gasteiger partial charge in [-0.05, 0) is 24.0 Å². The second-order valence-electron chi connectivity index (χ2n) is 6.02. The molecule has 0 aromatic heterocycles. The lowest BCUT2D eigenvalue weighted by atomic mass is 10.1. The number of hydrogen-bond acceptors (Lipinski definition) is 4. The number of likely N-dealkylation sites (tertiary alicyclic amines) is 1. The summed E-state index contributed by atoms with van der Waals surface area (Å²) in [5.41, 5.74) is 1.79. The highest BCUT2D eigenvalue weighted by Gasteiger charge is 2.29. The molecule has 0 aliphatic carbocycles. The maximum Gasteiger partial charge on any atom is 0.321 e. The molecule has 1 saturated heterocycles. The van der Waals surface area contributed by atoms with E-state index in [2.05, 4.69) is 5.32 Å². The van der Waals surface area contributed by atoms with Crippen molar-refractivity contribution in [3.05, 3.63) is 23.8 Å². The van der Waals surface area contributed by atoms with Crippen molar-refractivity contribution in [3.63, 3.8) is 0 Å². The van der Waals surface area contributed by atoms with Crippen LogP contribution in [0.4, 0.5) is 10.5 Å². The molecule has 120 valence electrons. The average Bonchev–Trinajstić information content (AvgIpc) is 3.05. The van der Waals surface area contributed by atoms with Crippen LogP contribution in [0.15, 0.2) is 18.2 Å². The van der Waals surface area contributed by atoms with E-state index >= 15 is 0 Å². The summed E-state index contributed by atoms with van der Waals surface area (Å²) < 4.78 is 28.3. The highest BCUT2D eigenvalue weighted by molar-refractivity contribution is 7.90. The van der Waals surface area contributed by atoms with Gasteiger partial charge in [-0.1, -0.05) is 12.1 Å². The summed E-state index contributed by atoms with van der Waals surface area (Å²) in [7, 11) is -3.00. The fourth-order valence-electron chi connectivity index (χ4n) is 3.09. The number of nitrogens with zero attached hydrogens (tertiary/aromatic N) is 1. The molecular weight excluding hydrogens is 304 g/mol. The molecule has 2 aliphatic heterocycles. The first-order valence-corrected chi connectivity index (χ1v) is 9.47. The molecule has 0 saturated carbocycles. The molecule has 22 heavy (non-hydrogen) atoms. The van der Waals surface area contributed by atoms with Crippen LogP contribution in [0.5, 0.6) is 5.75 Å². The number of fused-ring (bicyclic) bond motifs is 1. The molecule has 1 N–H and O–H groups in total. The normalized spacial score (nSPS) is 20.6.